The predicted molar refractivity (Wildman–Crippen MR) is 57.1 cm³/mol. The van der Waals surface area contributed by atoms with E-state index in [1.807, 2.05) is 0 Å². The fraction of sp³-hybridized carbons (Fsp3) is 0.750. The summed E-state index contributed by atoms with van der Waals surface area (Å²) in [7, 11) is 0. The highest BCUT2D eigenvalue weighted by atomic mass is 79.9. The Hall–Kier alpha value is -0.220. The van der Waals surface area contributed by atoms with Crippen molar-refractivity contribution in [3.05, 3.63) is 12.4 Å². The molecular formula is C8H18BrN3. The zero-order chi connectivity index (χ0) is 8.10. The lowest BCUT2D eigenvalue weighted by atomic mass is 10.4. The first-order valence-electron chi connectivity index (χ1n) is 4.23. The average Bonchev–Trinajstić information content (AvgIpc) is 2.48. The summed E-state index contributed by atoms with van der Waals surface area (Å²) in [5.74, 6) is 0. The molecular weight excluding hydrogens is 218 g/mol. The Balaban J connectivity index is 0.00000121. The molecule has 4 heteroatoms. The van der Waals surface area contributed by atoms with Crippen LogP contribution in [0.25, 0.3) is 0 Å². The second kappa shape index (κ2) is 6.31. The third-order valence-electron chi connectivity index (χ3n) is 1.91. The van der Waals surface area contributed by atoms with Crippen molar-refractivity contribution in [2.75, 3.05) is 26.3 Å². The summed E-state index contributed by atoms with van der Waals surface area (Å²) in [6, 6.07) is 0. The molecule has 0 bridgehead atoms. The van der Waals surface area contributed by atoms with Crippen LogP contribution >= 0.6 is 17.0 Å². The van der Waals surface area contributed by atoms with Crippen LogP contribution < -0.4 is 5.73 Å². The Morgan fingerprint density at radius 3 is 2.50 bits per heavy atom. The van der Waals surface area contributed by atoms with E-state index in [1.165, 1.54) is 0 Å². The molecule has 0 saturated heterocycles. The maximum Gasteiger partial charge on any atom is 0.0893 e. The van der Waals surface area contributed by atoms with E-state index in [1.54, 1.807) is 0 Å². The molecule has 1 rings (SSSR count). The zero-order valence-electron chi connectivity index (χ0n) is 7.57. The second-order valence-electron chi connectivity index (χ2n) is 2.80. The van der Waals surface area contributed by atoms with Gasteiger partial charge in [-0.2, -0.15) is 0 Å². The fourth-order valence-electron chi connectivity index (χ4n) is 1.16. The van der Waals surface area contributed by atoms with E-state index in [2.05, 4.69) is 29.1 Å². The highest BCUT2D eigenvalue weighted by Crippen LogP contribution is 2.05. The number of halogens is 1. The lowest BCUT2D eigenvalue weighted by molar-refractivity contribution is 0.272. The van der Waals surface area contributed by atoms with Gasteiger partial charge in [0.05, 0.1) is 6.67 Å². The molecule has 0 unspecified atom stereocenters. The van der Waals surface area contributed by atoms with Crippen molar-refractivity contribution >= 4 is 17.0 Å². The van der Waals surface area contributed by atoms with Crippen LogP contribution in [0.4, 0.5) is 0 Å². The van der Waals surface area contributed by atoms with E-state index in [-0.39, 0.29) is 17.0 Å². The summed E-state index contributed by atoms with van der Waals surface area (Å²) in [4.78, 5) is 4.56. The van der Waals surface area contributed by atoms with Crippen molar-refractivity contribution in [1.29, 1.82) is 0 Å². The molecule has 3 nitrogen and oxygen atoms in total. The molecule has 0 amide bonds. The van der Waals surface area contributed by atoms with Gasteiger partial charge in [0, 0.05) is 25.5 Å². The quantitative estimate of drug-likeness (QED) is 0.789. The first-order chi connectivity index (χ1) is 5.36. The Labute approximate surface area is 85.0 Å². The highest BCUT2D eigenvalue weighted by Gasteiger charge is 2.08. The molecule has 1 aliphatic rings. The molecule has 2 N–H and O–H groups in total. The Morgan fingerprint density at radius 1 is 1.33 bits per heavy atom. The van der Waals surface area contributed by atoms with Crippen LogP contribution in [0.3, 0.4) is 0 Å². The summed E-state index contributed by atoms with van der Waals surface area (Å²) in [5.41, 5.74) is 5.41. The standard InChI is InChI=1S/C8H17N3.BrH/c1-2-10-6-7-11(8-10)5-3-4-9;/h6-7H,2-5,8-9H2,1H3;1H. The van der Waals surface area contributed by atoms with Crippen LogP contribution in [0.2, 0.25) is 0 Å². The van der Waals surface area contributed by atoms with Crippen molar-refractivity contribution in [2.24, 2.45) is 5.73 Å². The van der Waals surface area contributed by atoms with Crippen molar-refractivity contribution in [1.82, 2.24) is 9.80 Å². The summed E-state index contributed by atoms with van der Waals surface area (Å²) in [6.45, 7) is 6.17. The first kappa shape index (κ1) is 11.8. The van der Waals surface area contributed by atoms with E-state index in [0.29, 0.717) is 0 Å². The molecule has 0 fully saturated rings. The van der Waals surface area contributed by atoms with E-state index >= 15 is 0 Å². The summed E-state index contributed by atoms with van der Waals surface area (Å²) >= 11 is 0. The molecule has 0 aromatic rings. The SMILES string of the molecule is Br.CCN1C=CN(CCCN)C1. The zero-order valence-corrected chi connectivity index (χ0v) is 9.28. The Kier molecular flexibility index (Phi) is 6.20. The van der Waals surface area contributed by atoms with Gasteiger partial charge in [-0.3, -0.25) is 0 Å². The van der Waals surface area contributed by atoms with E-state index in [4.69, 9.17) is 5.73 Å². The molecule has 72 valence electrons. The average molecular weight is 236 g/mol. The Morgan fingerprint density at radius 2 is 2.00 bits per heavy atom. The van der Waals surface area contributed by atoms with Crippen molar-refractivity contribution in [2.45, 2.75) is 13.3 Å². The third kappa shape index (κ3) is 3.45. The normalized spacial score (nSPS) is 15.2. The molecule has 0 aliphatic carbocycles. The van der Waals surface area contributed by atoms with Crippen molar-refractivity contribution in [3.8, 4) is 0 Å². The van der Waals surface area contributed by atoms with Crippen LogP contribution in [0.15, 0.2) is 12.4 Å². The number of nitrogens with two attached hydrogens (primary N) is 1. The van der Waals surface area contributed by atoms with Gasteiger partial charge < -0.3 is 15.5 Å². The van der Waals surface area contributed by atoms with Gasteiger partial charge in [0.25, 0.3) is 0 Å². The molecule has 0 spiro atoms. The second-order valence-corrected chi connectivity index (χ2v) is 2.80. The topological polar surface area (TPSA) is 32.5 Å². The summed E-state index contributed by atoms with van der Waals surface area (Å²) < 4.78 is 0. The van der Waals surface area contributed by atoms with Crippen molar-refractivity contribution < 1.29 is 0 Å². The van der Waals surface area contributed by atoms with Gasteiger partial charge in [0.15, 0.2) is 0 Å². The van der Waals surface area contributed by atoms with Gasteiger partial charge in [-0.25, -0.2) is 0 Å². The number of hydrogen-bond acceptors (Lipinski definition) is 3. The summed E-state index contributed by atoms with van der Waals surface area (Å²) in [6.07, 6.45) is 5.36. The molecule has 1 heterocycles. The van der Waals surface area contributed by atoms with Gasteiger partial charge in [0.2, 0.25) is 0 Å². The lowest BCUT2D eigenvalue weighted by Crippen LogP contribution is -2.26. The largest absolute Gasteiger partial charge is 0.359 e. The maximum atomic E-state index is 5.41. The highest BCUT2D eigenvalue weighted by molar-refractivity contribution is 8.93. The van der Waals surface area contributed by atoms with E-state index < -0.39 is 0 Å². The molecule has 0 saturated carbocycles. The molecule has 0 radical (unpaired) electrons. The minimum absolute atomic E-state index is 0. The number of rotatable bonds is 4. The van der Waals surface area contributed by atoms with Crippen LogP contribution in [-0.4, -0.2) is 36.1 Å². The maximum absolute atomic E-state index is 5.41. The van der Waals surface area contributed by atoms with Gasteiger partial charge in [0.1, 0.15) is 0 Å². The molecule has 12 heavy (non-hydrogen) atoms. The molecule has 1 aliphatic heterocycles. The number of hydrogen-bond donors (Lipinski definition) is 1. The molecule has 0 atom stereocenters. The van der Waals surface area contributed by atoms with Gasteiger partial charge in [-0.1, -0.05) is 0 Å². The monoisotopic (exact) mass is 235 g/mol. The molecule has 0 aromatic heterocycles. The van der Waals surface area contributed by atoms with Crippen LogP contribution in [-0.2, 0) is 0 Å². The van der Waals surface area contributed by atoms with Crippen LogP contribution in [0.5, 0.6) is 0 Å². The van der Waals surface area contributed by atoms with Gasteiger partial charge in [-0.15, -0.1) is 17.0 Å². The first-order valence-corrected chi connectivity index (χ1v) is 4.23. The van der Waals surface area contributed by atoms with Gasteiger partial charge in [-0.05, 0) is 19.9 Å². The van der Waals surface area contributed by atoms with Crippen LogP contribution in [0, 0.1) is 0 Å². The summed E-state index contributed by atoms with van der Waals surface area (Å²) in [5, 5.41) is 0. The van der Waals surface area contributed by atoms with E-state index in [9.17, 15) is 0 Å². The Bertz CT molecular complexity index is 138. The molecule has 0 aromatic carbocycles. The lowest BCUT2D eigenvalue weighted by Gasteiger charge is -2.19. The predicted octanol–water partition coefficient (Wildman–Crippen LogP) is 0.979. The third-order valence-corrected chi connectivity index (χ3v) is 1.91. The number of nitrogens with zero attached hydrogens (tertiary/aromatic N) is 2. The van der Waals surface area contributed by atoms with Crippen LogP contribution in [0.1, 0.15) is 13.3 Å². The van der Waals surface area contributed by atoms with Crippen molar-refractivity contribution in [3.63, 3.8) is 0 Å². The van der Waals surface area contributed by atoms with Gasteiger partial charge >= 0.3 is 0 Å². The fourth-order valence-corrected chi connectivity index (χ4v) is 1.16. The smallest absolute Gasteiger partial charge is 0.0893 e. The van der Waals surface area contributed by atoms with E-state index in [0.717, 1.165) is 32.7 Å². The minimum Gasteiger partial charge on any atom is -0.359 e. The minimum atomic E-state index is 0.